The fourth-order valence-corrected chi connectivity index (χ4v) is 3.00. The van der Waals surface area contributed by atoms with Crippen molar-refractivity contribution in [3.05, 3.63) is 35.6 Å². The van der Waals surface area contributed by atoms with Gasteiger partial charge >= 0.3 is 0 Å². The Kier molecular flexibility index (Phi) is 4.51. The van der Waals surface area contributed by atoms with Gasteiger partial charge in [-0.1, -0.05) is 18.2 Å². The van der Waals surface area contributed by atoms with Crippen molar-refractivity contribution in [2.45, 2.75) is 31.4 Å². The van der Waals surface area contributed by atoms with Crippen LogP contribution >= 0.6 is 0 Å². The number of carbonyl (C=O) groups excluding carboxylic acids is 1. The van der Waals surface area contributed by atoms with Crippen LogP contribution in [0.25, 0.3) is 0 Å². The Hall–Kier alpha value is -1.46. The third kappa shape index (κ3) is 3.41. The molecule has 1 amide bonds. The van der Waals surface area contributed by atoms with E-state index in [0.717, 1.165) is 32.4 Å². The SMILES string of the molecule is O=C(CN1CCC1c1ccccc1F)NCC1CCCO1. The molecule has 1 aromatic rings. The van der Waals surface area contributed by atoms with Crippen molar-refractivity contribution in [1.82, 2.24) is 10.2 Å². The lowest BCUT2D eigenvalue weighted by molar-refractivity contribution is -0.124. The number of amides is 1. The summed E-state index contributed by atoms with van der Waals surface area (Å²) in [5.41, 5.74) is 0.690. The lowest BCUT2D eigenvalue weighted by Gasteiger charge is -2.40. The van der Waals surface area contributed by atoms with Gasteiger partial charge in [-0.25, -0.2) is 4.39 Å². The number of carbonyl (C=O) groups is 1. The molecule has 3 rings (SSSR count). The number of likely N-dealkylation sites (tertiary alicyclic amines) is 1. The largest absolute Gasteiger partial charge is 0.376 e. The molecule has 0 spiro atoms. The van der Waals surface area contributed by atoms with Crippen LogP contribution in [0.5, 0.6) is 0 Å². The first-order chi connectivity index (χ1) is 10.2. The molecule has 0 aliphatic carbocycles. The van der Waals surface area contributed by atoms with Gasteiger partial charge in [0.05, 0.1) is 12.6 Å². The molecule has 0 saturated carbocycles. The summed E-state index contributed by atoms with van der Waals surface area (Å²) in [5.74, 6) is -0.196. The molecule has 0 radical (unpaired) electrons. The van der Waals surface area contributed by atoms with E-state index in [9.17, 15) is 9.18 Å². The van der Waals surface area contributed by atoms with Gasteiger partial charge < -0.3 is 10.1 Å². The number of hydrogen-bond acceptors (Lipinski definition) is 3. The quantitative estimate of drug-likeness (QED) is 0.901. The maximum absolute atomic E-state index is 13.8. The molecule has 2 unspecified atom stereocenters. The zero-order chi connectivity index (χ0) is 14.7. The molecule has 4 nitrogen and oxygen atoms in total. The molecule has 0 aromatic heterocycles. The fourth-order valence-electron chi connectivity index (χ4n) is 3.00. The van der Waals surface area contributed by atoms with E-state index in [1.54, 1.807) is 12.1 Å². The lowest BCUT2D eigenvalue weighted by Crippen LogP contribution is -2.47. The summed E-state index contributed by atoms with van der Waals surface area (Å²) in [6.45, 7) is 2.54. The Morgan fingerprint density at radius 2 is 2.24 bits per heavy atom. The molecular weight excluding hydrogens is 271 g/mol. The summed E-state index contributed by atoms with van der Waals surface area (Å²) in [7, 11) is 0. The molecule has 2 atom stereocenters. The Bertz CT molecular complexity index is 503. The third-order valence-corrected chi connectivity index (χ3v) is 4.29. The van der Waals surface area contributed by atoms with Gasteiger partial charge in [0, 0.05) is 31.3 Å². The highest BCUT2D eigenvalue weighted by molar-refractivity contribution is 5.78. The van der Waals surface area contributed by atoms with E-state index in [0.29, 0.717) is 18.7 Å². The number of rotatable bonds is 5. The van der Waals surface area contributed by atoms with Crippen LogP contribution in [0.1, 0.15) is 30.9 Å². The van der Waals surface area contributed by atoms with E-state index in [1.807, 2.05) is 11.0 Å². The second kappa shape index (κ2) is 6.54. The van der Waals surface area contributed by atoms with Crippen molar-refractivity contribution in [3.63, 3.8) is 0 Å². The summed E-state index contributed by atoms with van der Waals surface area (Å²) in [4.78, 5) is 14.0. The lowest BCUT2D eigenvalue weighted by atomic mass is 9.94. The Labute approximate surface area is 124 Å². The van der Waals surface area contributed by atoms with Crippen LogP contribution in [-0.4, -0.2) is 43.2 Å². The highest BCUT2D eigenvalue weighted by Gasteiger charge is 2.32. The fraction of sp³-hybridized carbons (Fsp3) is 0.562. The minimum absolute atomic E-state index is 0.00783. The maximum atomic E-state index is 13.8. The molecular formula is C16H21FN2O2. The van der Waals surface area contributed by atoms with Crippen LogP contribution < -0.4 is 5.32 Å². The minimum atomic E-state index is -0.188. The molecule has 2 heterocycles. The van der Waals surface area contributed by atoms with Gasteiger partial charge in [0.2, 0.25) is 5.91 Å². The summed E-state index contributed by atoms with van der Waals surface area (Å²) in [6.07, 6.45) is 3.15. The van der Waals surface area contributed by atoms with Crippen molar-refractivity contribution in [2.75, 3.05) is 26.2 Å². The maximum Gasteiger partial charge on any atom is 0.234 e. The van der Waals surface area contributed by atoms with Gasteiger partial charge in [-0.3, -0.25) is 9.69 Å². The number of halogens is 1. The van der Waals surface area contributed by atoms with E-state index in [1.165, 1.54) is 6.07 Å². The van der Waals surface area contributed by atoms with E-state index in [-0.39, 0.29) is 23.9 Å². The van der Waals surface area contributed by atoms with Crippen LogP contribution in [0.2, 0.25) is 0 Å². The molecule has 114 valence electrons. The van der Waals surface area contributed by atoms with Crippen molar-refractivity contribution < 1.29 is 13.9 Å². The van der Waals surface area contributed by atoms with Gasteiger partial charge in [-0.2, -0.15) is 0 Å². The number of ether oxygens (including phenoxy) is 1. The van der Waals surface area contributed by atoms with Crippen LogP contribution in [0, 0.1) is 5.82 Å². The molecule has 2 aliphatic rings. The van der Waals surface area contributed by atoms with E-state index >= 15 is 0 Å². The second-order valence-corrected chi connectivity index (χ2v) is 5.74. The summed E-state index contributed by atoms with van der Waals surface area (Å²) in [5, 5.41) is 2.91. The van der Waals surface area contributed by atoms with Crippen LogP contribution in [0.3, 0.4) is 0 Å². The zero-order valence-corrected chi connectivity index (χ0v) is 12.1. The van der Waals surface area contributed by atoms with Gasteiger partial charge in [0.15, 0.2) is 0 Å². The topological polar surface area (TPSA) is 41.6 Å². The molecule has 2 fully saturated rings. The normalized spacial score (nSPS) is 25.6. The second-order valence-electron chi connectivity index (χ2n) is 5.74. The predicted octanol–water partition coefficient (Wildman–Crippen LogP) is 1.87. The van der Waals surface area contributed by atoms with E-state index in [4.69, 9.17) is 4.74 Å². The minimum Gasteiger partial charge on any atom is -0.376 e. The molecule has 1 N–H and O–H groups in total. The molecule has 2 aliphatic heterocycles. The standard InChI is InChI=1S/C16H21FN2O2/c17-14-6-2-1-5-13(14)15-7-8-19(15)11-16(20)18-10-12-4-3-9-21-12/h1-2,5-6,12,15H,3-4,7-11H2,(H,18,20). The van der Waals surface area contributed by atoms with Crippen LogP contribution in [0.4, 0.5) is 4.39 Å². The molecule has 5 heteroatoms. The van der Waals surface area contributed by atoms with Crippen molar-refractivity contribution in [3.8, 4) is 0 Å². The first kappa shape index (κ1) is 14.5. The monoisotopic (exact) mass is 292 g/mol. The van der Waals surface area contributed by atoms with Crippen molar-refractivity contribution >= 4 is 5.91 Å². The van der Waals surface area contributed by atoms with E-state index < -0.39 is 0 Å². The van der Waals surface area contributed by atoms with Crippen LogP contribution in [0.15, 0.2) is 24.3 Å². The Morgan fingerprint density at radius 1 is 1.38 bits per heavy atom. The number of hydrogen-bond donors (Lipinski definition) is 1. The molecule has 1 aromatic carbocycles. The average Bonchev–Trinajstić information content (AvgIpc) is 2.97. The van der Waals surface area contributed by atoms with Gasteiger partial charge in [-0.05, 0) is 25.3 Å². The van der Waals surface area contributed by atoms with Gasteiger partial charge in [-0.15, -0.1) is 0 Å². The highest BCUT2D eigenvalue weighted by Crippen LogP contribution is 2.33. The first-order valence-electron chi connectivity index (χ1n) is 7.61. The molecule has 21 heavy (non-hydrogen) atoms. The van der Waals surface area contributed by atoms with Crippen LogP contribution in [-0.2, 0) is 9.53 Å². The summed E-state index contributed by atoms with van der Waals surface area (Å²) < 4.78 is 19.3. The highest BCUT2D eigenvalue weighted by atomic mass is 19.1. The Morgan fingerprint density at radius 3 is 2.90 bits per heavy atom. The third-order valence-electron chi connectivity index (χ3n) is 4.29. The van der Waals surface area contributed by atoms with Crippen molar-refractivity contribution in [2.24, 2.45) is 0 Å². The first-order valence-corrected chi connectivity index (χ1v) is 7.61. The number of nitrogens with one attached hydrogen (secondary N) is 1. The summed E-state index contributed by atoms with van der Waals surface area (Å²) in [6, 6.07) is 6.84. The molecule has 2 saturated heterocycles. The smallest absolute Gasteiger partial charge is 0.234 e. The van der Waals surface area contributed by atoms with Gasteiger partial charge in [0.25, 0.3) is 0 Å². The van der Waals surface area contributed by atoms with Gasteiger partial charge in [0.1, 0.15) is 5.82 Å². The number of nitrogens with zero attached hydrogens (tertiary/aromatic N) is 1. The Balaban J connectivity index is 1.48. The zero-order valence-electron chi connectivity index (χ0n) is 12.1. The number of benzene rings is 1. The van der Waals surface area contributed by atoms with Crippen molar-refractivity contribution in [1.29, 1.82) is 0 Å². The summed E-state index contributed by atoms with van der Waals surface area (Å²) >= 11 is 0. The predicted molar refractivity (Wildman–Crippen MR) is 77.3 cm³/mol. The molecule has 0 bridgehead atoms. The van der Waals surface area contributed by atoms with E-state index in [2.05, 4.69) is 5.32 Å². The average molecular weight is 292 g/mol.